The fourth-order valence-electron chi connectivity index (χ4n) is 3.74. The van der Waals surface area contributed by atoms with Crippen LogP contribution in [0.3, 0.4) is 0 Å². The summed E-state index contributed by atoms with van der Waals surface area (Å²) >= 11 is 0. The highest BCUT2D eigenvalue weighted by molar-refractivity contribution is 5.81. The Balaban J connectivity index is 1.83. The van der Waals surface area contributed by atoms with Gasteiger partial charge in [-0.2, -0.15) is 0 Å². The minimum Gasteiger partial charge on any atom is -0.0622 e. The molecule has 0 atom stereocenters. The fourth-order valence-corrected chi connectivity index (χ4v) is 3.74. The van der Waals surface area contributed by atoms with E-state index in [1.54, 1.807) is 0 Å². The molecule has 1 aliphatic rings. The summed E-state index contributed by atoms with van der Waals surface area (Å²) in [5.41, 5.74) is 10.1. The van der Waals surface area contributed by atoms with Crippen molar-refractivity contribution >= 4 is 0 Å². The summed E-state index contributed by atoms with van der Waals surface area (Å²) < 4.78 is 0. The van der Waals surface area contributed by atoms with Crippen molar-refractivity contribution < 1.29 is 0 Å². The first-order valence-corrected chi connectivity index (χ1v) is 8.35. The maximum atomic E-state index is 2.37. The van der Waals surface area contributed by atoms with Gasteiger partial charge in [0.25, 0.3) is 0 Å². The minimum absolute atomic E-state index is 0.190. The molecule has 0 fully saturated rings. The van der Waals surface area contributed by atoms with E-state index in [4.69, 9.17) is 0 Å². The van der Waals surface area contributed by atoms with Crippen molar-refractivity contribution in [2.45, 2.75) is 32.6 Å². The first-order valence-electron chi connectivity index (χ1n) is 8.35. The van der Waals surface area contributed by atoms with Gasteiger partial charge in [0.15, 0.2) is 0 Å². The lowest BCUT2D eigenvalue weighted by molar-refractivity contribution is 0.585. The fraction of sp³-hybridized carbons (Fsp3) is 0.217. The Morgan fingerprint density at radius 3 is 2.22 bits per heavy atom. The van der Waals surface area contributed by atoms with Gasteiger partial charge in [-0.3, -0.25) is 0 Å². The van der Waals surface area contributed by atoms with E-state index in [0.717, 1.165) is 6.42 Å². The molecule has 0 aromatic heterocycles. The zero-order valence-electron chi connectivity index (χ0n) is 14.1. The molecule has 4 rings (SSSR count). The summed E-state index contributed by atoms with van der Waals surface area (Å²) in [7, 11) is 0. The number of fused-ring (bicyclic) bond motifs is 3. The molecular formula is C23H22. The highest BCUT2D eigenvalue weighted by Gasteiger charge is 2.26. The minimum atomic E-state index is 0.190. The van der Waals surface area contributed by atoms with Crippen LogP contribution in [0.4, 0.5) is 0 Å². The van der Waals surface area contributed by atoms with Gasteiger partial charge >= 0.3 is 0 Å². The van der Waals surface area contributed by atoms with Gasteiger partial charge in [0.05, 0.1) is 0 Å². The van der Waals surface area contributed by atoms with Gasteiger partial charge in [-0.15, -0.1) is 0 Å². The van der Waals surface area contributed by atoms with Gasteiger partial charge in [-0.05, 0) is 50.8 Å². The third kappa shape index (κ3) is 2.39. The van der Waals surface area contributed by atoms with E-state index in [2.05, 4.69) is 87.5 Å². The third-order valence-electron chi connectivity index (χ3n) is 4.85. The van der Waals surface area contributed by atoms with Crippen molar-refractivity contribution in [2.75, 3.05) is 0 Å². The lowest BCUT2D eigenvalue weighted by Gasteiger charge is -2.22. The zero-order chi connectivity index (χ0) is 16.0. The second-order valence-electron chi connectivity index (χ2n) is 7.50. The quantitative estimate of drug-likeness (QED) is 0.391. The van der Waals surface area contributed by atoms with Crippen LogP contribution in [0.25, 0.3) is 22.3 Å². The molecule has 23 heavy (non-hydrogen) atoms. The van der Waals surface area contributed by atoms with E-state index in [1.165, 1.54) is 38.9 Å². The van der Waals surface area contributed by atoms with Crippen LogP contribution in [0, 0.1) is 0 Å². The highest BCUT2D eigenvalue weighted by atomic mass is 14.3. The predicted octanol–water partition coefficient (Wildman–Crippen LogP) is 6.22. The van der Waals surface area contributed by atoms with Crippen molar-refractivity contribution in [3.05, 3.63) is 83.4 Å². The van der Waals surface area contributed by atoms with Gasteiger partial charge < -0.3 is 0 Å². The molecule has 3 aromatic rings. The summed E-state index contributed by atoms with van der Waals surface area (Å²) in [4.78, 5) is 0. The molecule has 0 amide bonds. The summed E-state index contributed by atoms with van der Waals surface area (Å²) in [6.07, 6.45) is 1.05. The third-order valence-corrected chi connectivity index (χ3v) is 4.85. The number of hydrogen-bond acceptors (Lipinski definition) is 0. The summed E-state index contributed by atoms with van der Waals surface area (Å²) in [6, 6.07) is 24.4. The van der Waals surface area contributed by atoms with Crippen LogP contribution >= 0.6 is 0 Å². The van der Waals surface area contributed by atoms with Gasteiger partial charge in [0.1, 0.15) is 0 Å². The van der Waals surface area contributed by atoms with E-state index in [-0.39, 0.29) is 5.41 Å². The number of rotatable bonds is 1. The molecule has 0 heterocycles. The molecule has 0 nitrogen and oxygen atoms in total. The van der Waals surface area contributed by atoms with E-state index in [1.807, 2.05) is 0 Å². The number of benzene rings is 3. The Morgan fingerprint density at radius 1 is 0.696 bits per heavy atom. The lowest BCUT2D eigenvalue weighted by atomic mass is 9.82. The van der Waals surface area contributed by atoms with E-state index in [0.29, 0.717) is 0 Å². The summed E-state index contributed by atoms with van der Waals surface area (Å²) in [5.74, 6) is 0. The smallest absolute Gasteiger partial charge is 0.00103 e. The number of hydrogen-bond donors (Lipinski definition) is 0. The first-order chi connectivity index (χ1) is 11.0. The van der Waals surface area contributed by atoms with Crippen LogP contribution < -0.4 is 0 Å². The lowest BCUT2D eigenvalue weighted by Crippen LogP contribution is -2.13. The zero-order valence-corrected chi connectivity index (χ0v) is 14.1. The van der Waals surface area contributed by atoms with Crippen LogP contribution in [-0.2, 0) is 11.8 Å². The van der Waals surface area contributed by atoms with Gasteiger partial charge in [-0.25, -0.2) is 0 Å². The van der Waals surface area contributed by atoms with Crippen LogP contribution in [0.1, 0.15) is 37.5 Å². The molecule has 0 N–H and O–H groups in total. The molecule has 0 radical (unpaired) electrons. The van der Waals surface area contributed by atoms with Crippen molar-refractivity contribution in [1.82, 2.24) is 0 Å². The van der Waals surface area contributed by atoms with Crippen molar-refractivity contribution in [2.24, 2.45) is 0 Å². The molecule has 0 heteroatoms. The predicted molar refractivity (Wildman–Crippen MR) is 98.8 cm³/mol. The molecule has 114 valence electrons. The molecule has 0 saturated carbocycles. The van der Waals surface area contributed by atoms with Crippen LogP contribution in [0.2, 0.25) is 0 Å². The van der Waals surface area contributed by atoms with Gasteiger partial charge in [0.2, 0.25) is 0 Å². The Bertz CT molecular complexity index is 864. The second kappa shape index (κ2) is 5.09. The molecule has 0 spiro atoms. The molecule has 0 aliphatic heterocycles. The molecule has 0 unspecified atom stereocenters. The van der Waals surface area contributed by atoms with Crippen LogP contribution in [-0.4, -0.2) is 0 Å². The Morgan fingerprint density at radius 2 is 1.48 bits per heavy atom. The average Bonchev–Trinajstić information content (AvgIpc) is 2.92. The van der Waals surface area contributed by atoms with Crippen LogP contribution in [0.15, 0.2) is 66.7 Å². The van der Waals surface area contributed by atoms with Gasteiger partial charge in [0, 0.05) is 0 Å². The average molecular weight is 298 g/mol. The topological polar surface area (TPSA) is 0 Å². The Kier molecular flexibility index (Phi) is 3.16. The van der Waals surface area contributed by atoms with Crippen LogP contribution in [0.5, 0.6) is 0 Å². The largest absolute Gasteiger partial charge is 0.0622 e. The molecule has 3 aromatic carbocycles. The maximum absolute atomic E-state index is 2.37. The summed E-state index contributed by atoms with van der Waals surface area (Å²) in [5, 5.41) is 0. The molecule has 0 bridgehead atoms. The maximum Gasteiger partial charge on any atom is -0.00103 e. The second-order valence-corrected chi connectivity index (χ2v) is 7.50. The first kappa shape index (κ1) is 14.3. The van der Waals surface area contributed by atoms with E-state index >= 15 is 0 Å². The van der Waals surface area contributed by atoms with E-state index in [9.17, 15) is 0 Å². The van der Waals surface area contributed by atoms with Crippen molar-refractivity contribution in [3.63, 3.8) is 0 Å². The molecular weight excluding hydrogens is 276 g/mol. The van der Waals surface area contributed by atoms with Gasteiger partial charge in [-0.1, -0.05) is 87.5 Å². The molecule has 0 saturated heterocycles. The highest BCUT2D eigenvalue weighted by Crippen LogP contribution is 2.42. The Hall–Kier alpha value is -2.34. The van der Waals surface area contributed by atoms with E-state index < -0.39 is 0 Å². The van der Waals surface area contributed by atoms with Crippen molar-refractivity contribution in [3.8, 4) is 22.3 Å². The normalized spacial score (nSPS) is 12.8. The van der Waals surface area contributed by atoms with Crippen molar-refractivity contribution in [1.29, 1.82) is 0 Å². The monoisotopic (exact) mass is 298 g/mol. The Labute approximate surface area is 138 Å². The molecule has 1 aliphatic carbocycles. The standard InChI is InChI=1S/C23H22/c1-23(2,3)22-11-7-10-20-19-13-12-17(14-18(19)15-21(20)22)16-8-5-4-6-9-16/h4-14H,15H2,1-3H3. The summed E-state index contributed by atoms with van der Waals surface area (Å²) in [6.45, 7) is 6.92. The SMILES string of the molecule is CC(C)(C)c1cccc2c1Cc1cc(-c3ccccc3)ccc1-2.